The molecule has 8 rings (SSSR count). The van der Waals surface area contributed by atoms with Gasteiger partial charge in [0.05, 0.1) is 22.4 Å². The van der Waals surface area contributed by atoms with Gasteiger partial charge in [-0.1, -0.05) is 90.5 Å². The molecule has 6 heteroatoms. The average molecular weight is 608 g/mol. The van der Waals surface area contributed by atoms with Crippen molar-refractivity contribution in [3.05, 3.63) is 163 Å². The van der Waals surface area contributed by atoms with Crippen LogP contribution in [0.5, 0.6) is 0 Å². The van der Waals surface area contributed by atoms with Gasteiger partial charge in [-0.2, -0.15) is 0 Å². The summed E-state index contributed by atoms with van der Waals surface area (Å²) < 4.78 is 6.02. The second kappa shape index (κ2) is 12.2. The van der Waals surface area contributed by atoms with Crippen molar-refractivity contribution in [2.45, 2.75) is 6.92 Å². The molecule has 0 fully saturated rings. The van der Waals surface area contributed by atoms with Crippen molar-refractivity contribution in [3.63, 3.8) is 0 Å². The predicted octanol–water partition coefficient (Wildman–Crippen LogP) is 10.5. The first-order valence-electron chi connectivity index (χ1n) is 15.5. The second-order valence-corrected chi connectivity index (χ2v) is 11.3. The first-order valence-corrected chi connectivity index (χ1v) is 15.5. The molecule has 0 spiro atoms. The van der Waals surface area contributed by atoms with Crippen LogP contribution in [0.2, 0.25) is 0 Å². The molecule has 47 heavy (non-hydrogen) atoms. The molecule has 0 aliphatic rings. The predicted molar refractivity (Wildman–Crippen MR) is 189 cm³/mol. The Labute approximate surface area is 272 Å². The Morgan fingerprint density at radius 2 is 0.787 bits per heavy atom. The molecule has 6 aromatic carbocycles. The summed E-state index contributed by atoms with van der Waals surface area (Å²) in [5, 5.41) is 8.57. The van der Waals surface area contributed by atoms with Crippen LogP contribution in [0.1, 0.15) is 5.56 Å². The first kappa shape index (κ1) is 28.1. The van der Waals surface area contributed by atoms with Crippen LogP contribution in [0.25, 0.3) is 56.5 Å². The van der Waals surface area contributed by atoms with Crippen LogP contribution in [0.4, 0.5) is 17.1 Å². The summed E-state index contributed by atoms with van der Waals surface area (Å²) in [7, 11) is 0. The van der Waals surface area contributed by atoms with Gasteiger partial charge in [0.25, 0.3) is 0 Å². The summed E-state index contributed by atoms with van der Waals surface area (Å²) in [6.07, 6.45) is 0. The number of hydrogen-bond donors (Lipinski definition) is 0. The van der Waals surface area contributed by atoms with Gasteiger partial charge in [0.1, 0.15) is 0 Å². The zero-order valence-electron chi connectivity index (χ0n) is 25.7. The molecule has 224 valence electrons. The van der Waals surface area contributed by atoms with E-state index in [0.29, 0.717) is 11.8 Å². The standard InChI is InChI=1S/C41H29N5O/c1-28-16-22-33(23-17-28)46(35-26-20-32(21-27-35)41-45-44-40(47-41)31-12-6-3-7-13-31)34-24-18-30(19-25-34)39-38(29-10-4-2-5-11-29)42-36-14-8-9-15-37(36)43-39/h2-27H,1H3. The van der Waals surface area contributed by atoms with E-state index in [1.54, 1.807) is 0 Å². The van der Waals surface area contributed by atoms with Crippen LogP contribution in [0.3, 0.4) is 0 Å². The van der Waals surface area contributed by atoms with Crippen molar-refractivity contribution >= 4 is 28.1 Å². The summed E-state index contributed by atoms with van der Waals surface area (Å²) in [4.78, 5) is 12.4. The van der Waals surface area contributed by atoms with Crippen molar-refractivity contribution in [2.75, 3.05) is 4.90 Å². The zero-order valence-corrected chi connectivity index (χ0v) is 25.7. The third-order valence-corrected chi connectivity index (χ3v) is 8.13. The largest absolute Gasteiger partial charge is 0.416 e. The van der Waals surface area contributed by atoms with Gasteiger partial charge in [-0.3, -0.25) is 0 Å². The number of rotatable bonds is 7. The lowest BCUT2D eigenvalue weighted by Gasteiger charge is -2.26. The summed E-state index contributed by atoms with van der Waals surface area (Å²) in [6.45, 7) is 2.10. The minimum atomic E-state index is 0.479. The maximum Gasteiger partial charge on any atom is 0.248 e. The minimum absolute atomic E-state index is 0.479. The fourth-order valence-electron chi connectivity index (χ4n) is 5.70. The highest BCUT2D eigenvalue weighted by atomic mass is 16.4. The molecular weight excluding hydrogens is 578 g/mol. The molecule has 2 heterocycles. The molecule has 0 aliphatic carbocycles. The van der Waals surface area contributed by atoms with E-state index in [1.807, 2.05) is 84.9 Å². The molecule has 0 atom stereocenters. The maximum absolute atomic E-state index is 6.02. The van der Waals surface area contributed by atoms with Crippen molar-refractivity contribution in [3.8, 4) is 45.4 Å². The zero-order chi connectivity index (χ0) is 31.6. The Bertz CT molecular complexity index is 2280. The Kier molecular flexibility index (Phi) is 7.28. The summed E-state index contributed by atoms with van der Waals surface area (Å²) >= 11 is 0. The number of anilines is 3. The molecule has 0 saturated heterocycles. The first-order chi connectivity index (χ1) is 23.2. The number of fused-ring (bicyclic) bond motifs is 1. The molecule has 0 bridgehead atoms. The fraction of sp³-hybridized carbons (Fsp3) is 0.0244. The molecule has 0 N–H and O–H groups in total. The molecular formula is C41H29N5O. The lowest BCUT2D eigenvalue weighted by Crippen LogP contribution is -2.10. The van der Waals surface area contributed by atoms with Gasteiger partial charge >= 0.3 is 0 Å². The Morgan fingerprint density at radius 3 is 1.30 bits per heavy atom. The van der Waals surface area contributed by atoms with Crippen LogP contribution >= 0.6 is 0 Å². The summed E-state index contributed by atoms with van der Waals surface area (Å²) in [5.74, 6) is 0.977. The fourth-order valence-corrected chi connectivity index (χ4v) is 5.70. The van der Waals surface area contributed by atoms with E-state index >= 15 is 0 Å². The van der Waals surface area contributed by atoms with Crippen LogP contribution < -0.4 is 4.90 Å². The van der Waals surface area contributed by atoms with Gasteiger partial charge in [-0.25, -0.2) is 9.97 Å². The maximum atomic E-state index is 6.02. The average Bonchev–Trinajstić information content (AvgIpc) is 3.64. The molecule has 6 nitrogen and oxygen atoms in total. The normalized spacial score (nSPS) is 11.1. The number of para-hydroxylation sites is 2. The molecule has 0 unspecified atom stereocenters. The van der Waals surface area contributed by atoms with Gasteiger partial charge in [-0.05, 0) is 79.7 Å². The van der Waals surface area contributed by atoms with Crippen molar-refractivity contribution in [2.24, 2.45) is 0 Å². The SMILES string of the molecule is Cc1ccc(N(c2ccc(-c3nnc(-c4ccccc4)o3)cc2)c2ccc(-c3nc4ccccc4nc3-c3ccccc3)cc2)cc1. The highest BCUT2D eigenvalue weighted by Gasteiger charge is 2.17. The van der Waals surface area contributed by atoms with Crippen molar-refractivity contribution in [1.82, 2.24) is 20.2 Å². The Morgan fingerprint density at radius 1 is 0.404 bits per heavy atom. The molecule has 0 amide bonds. The van der Waals surface area contributed by atoms with Crippen LogP contribution in [-0.4, -0.2) is 20.2 Å². The summed E-state index contributed by atoms with van der Waals surface area (Å²) in [5.41, 5.74) is 11.5. The number of hydrogen-bond acceptors (Lipinski definition) is 6. The van der Waals surface area contributed by atoms with E-state index < -0.39 is 0 Å². The smallest absolute Gasteiger partial charge is 0.248 e. The highest BCUT2D eigenvalue weighted by molar-refractivity contribution is 5.87. The quantitative estimate of drug-likeness (QED) is 0.180. The van der Waals surface area contributed by atoms with Gasteiger partial charge in [0, 0.05) is 39.3 Å². The molecule has 2 aromatic heterocycles. The lowest BCUT2D eigenvalue weighted by atomic mass is 10.0. The van der Waals surface area contributed by atoms with Crippen LogP contribution in [0, 0.1) is 6.92 Å². The Balaban J connectivity index is 1.16. The molecule has 0 radical (unpaired) electrons. The van der Waals surface area contributed by atoms with Crippen molar-refractivity contribution < 1.29 is 4.42 Å². The monoisotopic (exact) mass is 607 g/mol. The minimum Gasteiger partial charge on any atom is -0.416 e. The molecule has 8 aromatic rings. The van der Waals surface area contributed by atoms with Crippen LogP contribution in [-0.2, 0) is 0 Å². The van der Waals surface area contributed by atoms with E-state index in [2.05, 4.69) is 94.8 Å². The van der Waals surface area contributed by atoms with E-state index in [0.717, 1.165) is 61.7 Å². The van der Waals surface area contributed by atoms with E-state index in [1.165, 1.54) is 5.56 Å². The number of aryl methyl sites for hydroxylation is 1. The van der Waals surface area contributed by atoms with Gasteiger partial charge in [0.2, 0.25) is 11.8 Å². The van der Waals surface area contributed by atoms with Crippen LogP contribution in [0.15, 0.2) is 162 Å². The third kappa shape index (κ3) is 5.64. The van der Waals surface area contributed by atoms with Gasteiger partial charge < -0.3 is 9.32 Å². The van der Waals surface area contributed by atoms with E-state index in [9.17, 15) is 0 Å². The van der Waals surface area contributed by atoms with E-state index in [-0.39, 0.29) is 0 Å². The second-order valence-electron chi connectivity index (χ2n) is 11.3. The number of aromatic nitrogens is 4. The summed E-state index contributed by atoms with van der Waals surface area (Å²) in [6, 6.07) is 53.3. The molecule has 0 saturated carbocycles. The third-order valence-electron chi connectivity index (χ3n) is 8.13. The number of nitrogens with zero attached hydrogens (tertiary/aromatic N) is 5. The molecule has 0 aliphatic heterocycles. The van der Waals surface area contributed by atoms with E-state index in [4.69, 9.17) is 14.4 Å². The van der Waals surface area contributed by atoms with Crippen molar-refractivity contribution in [1.29, 1.82) is 0 Å². The van der Waals surface area contributed by atoms with Gasteiger partial charge in [0.15, 0.2) is 0 Å². The number of benzene rings is 6. The Hall–Kier alpha value is -6.40. The topological polar surface area (TPSA) is 67.9 Å². The highest BCUT2D eigenvalue weighted by Crippen LogP contribution is 2.38. The lowest BCUT2D eigenvalue weighted by molar-refractivity contribution is 0.584. The van der Waals surface area contributed by atoms with Gasteiger partial charge in [-0.15, -0.1) is 10.2 Å².